The maximum absolute atomic E-state index is 9.76. The molecule has 4 heteroatoms. The SMILES string of the molecule is CCC(O)COc1c(C)cc(-c2cc(C)c(OCC3CO3)c(C)c2)cc1C. The minimum absolute atomic E-state index is 0.257. The van der Waals surface area contributed by atoms with Crippen LogP contribution < -0.4 is 9.47 Å². The van der Waals surface area contributed by atoms with Crippen molar-refractivity contribution >= 4 is 0 Å². The van der Waals surface area contributed by atoms with Gasteiger partial charge in [-0.05, 0) is 91.8 Å². The lowest BCUT2D eigenvalue weighted by Gasteiger charge is -2.17. The summed E-state index contributed by atoms with van der Waals surface area (Å²) in [7, 11) is 0. The molecule has 0 aromatic heterocycles. The van der Waals surface area contributed by atoms with Gasteiger partial charge in [0.15, 0.2) is 0 Å². The number of aliphatic hydroxyl groups is 1. The first kappa shape index (κ1) is 19.7. The van der Waals surface area contributed by atoms with Crippen molar-refractivity contribution < 1.29 is 19.3 Å². The molecular weight excluding hydrogens is 340 g/mol. The molecule has 2 unspecified atom stereocenters. The van der Waals surface area contributed by atoms with Crippen LogP contribution in [0.15, 0.2) is 24.3 Å². The zero-order valence-corrected chi connectivity index (χ0v) is 17.0. The Labute approximate surface area is 162 Å². The van der Waals surface area contributed by atoms with Gasteiger partial charge in [-0.1, -0.05) is 6.92 Å². The quantitative estimate of drug-likeness (QED) is 0.695. The summed E-state index contributed by atoms with van der Waals surface area (Å²) < 4.78 is 17.0. The lowest BCUT2D eigenvalue weighted by molar-refractivity contribution is 0.103. The van der Waals surface area contributed by atoms with E-state index in [1.165, 1.54) is 5.56 Å². The molecule has 146 valence electrons. The Kier molecular flexibility index (Phi) is 6.08. The van der Waals surface area contributed by atoms with Gasteiger partial charge in [-0.2, -0.15) is 0 Å². The summed E-state index contributed by atoms with van der Waals surface area (Å²) in [5.41, 5.74) is 6.76. The van der Waals surface area contributed by atoms with Crippen LogP contribution in [0.25, 0.3) is 11.1 Å². The monoisotopic (exact) mass is 370 g/mol. The lowest BCUT2D eigenvalue weighted by Crippen LogP contribution is -2.16. The molecule has 0 radical (unpaired) electrons. The normalized spacial score (nSPS) is 16.9. The minimum atomic E-state index is -0.428. The van der Waals surface area contributed by atoms with Gasteiger partial charge in [0.05, 0.1) is 12.7 Å². The van der Waals surface area contributed by atoms with E-state index in [0.717, 1.165) is 45.9 Å². The number of ether oxygens (including phenoxy) is 3. The molecule has 3 rings (SSSR count). The number of epoxide rings is 1. The van der Waals surface area contributed by atoms with Crippen LogP contribution in [0.2, 0.25) is 0 Å². The molecule has 0 amide bonds. The molecule has 1 heterocycles. The Bertz CT molecular complexity index is 762. The average Bonchev–Trinajstić information content (AvgIpc) is 3.44. The summed E-state index contributed by atoms with van der Waals surface area (Å²) in [6.45, 7) is 12.0. The fourth-order valence-electron chi connectivity index (χ4n) is 3.33. The predicted molar refractivity (Wildman–Crippen MR) is 108 cm³/mol. The summed E-state index contributed by atoms with van der Waals surface area (Å²) in [6, 6.07) is 8.64. The van der Waals surface area contributed by atoms with E-state index in [4.69, 9.17) is 14.2 Å². The fraction of sp³-hybridized carbons (Fsp3) is 0.478. The summed E-state index contributed by atoms with van der Waals surface area (Å²) in [5.74, 6) is 1.82. The molecule has 2 aromatic rings. The molecule has 2 aromatic carbocycles. The van der Waals surface area contributed by atoms with Gasteiger partial charge >= 0.3 is 0 Å². The van der Waals surface area contributed by atoms with E-state index in [2.05, 4.69) is 52.0 Å². The third-order valence-electron chi connectivity index (χ3n) is 4.96. The minimum Gasteiger partial charge on any atom is -0.490 e. The molecule has 0 bridgehead atoms. The van der Waals surface area contributed by atoms with Crippen molar-refractivity contribution in [1.82, 2.24) is 0 Å². The Morgan fingerprint density at radius 1 is 0.926 bits per heavy atom. The topological polar surface area (TPSA) is 51.2 Å². The van der Waals surface area contributed by atoms with Crippen molar-refractivity contribution in [2.45, 2.75) is 53.2 Å². The average molecular weight is 370 g/mol. The first-order valence-electron chi connectivity index (χ1n) is 9.67. The molecule has 1 fully saturated rings. The fourth-order valence-corrected chi connectivity index (χ4v) is 3.33. The predicted octanol–water partition coefficient (Wildman–Crippen LogP) is 4.51. The van der Waals surface area contributed by atoms with Crippen LogP contribution in [-0.2, 0) is 4.74 Å². The first-order valence-corrected chi connectivity index (χ1v) is 9.67. The molecular formula is C23H30O4. The highest BCUT2D eigenvalue weighted by atomic mass is 16.6. The van der Waals surface area contributed by atoms with Crippen LogP contribution >= 0.6 is 0 Å². The second-order valence-electron chi connectivity index (χ2n) is 7.52. The largest absolute Gasteiger partial charge is 0.490 e. The second kappa shape index (κ2) is 8.32. The van der Waals surface area contributed by atoms with Crippen LogP contribution in [0.5, 0.6) is 11.5 Å². The number of rotatable bonds is 8. The molecule has 2 atom stereocenters. The van der Waals surface area contributed by atoms with Crippen LogP contribution in [0.4, 0.5) is 0 Å². The zero-order valence-electron chi connectivity index (χ0n) is 17.0. The molecule has 1 saturated heterocycles. The third-order valence-corrected chi connectivity index (χ3v) is 4.96. The maximum atomic E-state index is 9.76. The van der Waals surface area contributed by atoms with E-state index in [1.807, 2.05) is 6.92 Å². The molecule has 27 heavy (non-hydrogen) atoms. The van der Waals surface area contributed by atoms with E-state index in [9.17, 15) is 5.11 Å². The summed E-state index contributed by atoms with van der Waals surface area (Å²) in [5, 5.41) is 9.76. The van der Waals surface area contributed by atoms with Gasteiger partial charge in [-0.25, -0.2) is 0 Å². The van der Waals surface area contributed by atoms with Crippen molar-refractivity contribution in [1.29, 1.82) is 0 Å². The lowest BCUT2D eigenvalue weighted by atomic mass is 9.96. The number of aryl methyl sites for hydroxylation is 4. The van der Waals surface area contributed by atoms with Crippen molar-refractivity contribution in [3.63, 3.8) is 0 Å². The van der Waals surface area contributed by atoms with Crippen molar-refractivity contribution in [3.8, 4) is 22.6 Å². The number of hydrogen-bond acceptors (Lipinski definition) is 4. The summed E-state index contributed by atoms with van der Waals surface area (Å²) in [4.78, 5) is 0. The highest BCUT2D eigenvalue weighted by molar-refractivity contribution is 5.70. The van der Waals surface area contributed by atoms with E-state index >= 15 is 0 Å². The molecule has 0 aliphatic carbocycles. The van der Waals surface area contributed by atoms with Crippen LogP contribution in [-0.4, -0.2) is 37.1 Å². The number of hydrogen-bond donors (Lipinski definition) is 1. The summed E-state index contributed by atoms with van der Waals surface area (Å²) in [6.07, 6.45) is 0.519. The van der Waals surface area contributed by atoms with Gasteiger partial charge in [-0.15, -0.1) is 0 Å². The first-order chi connectivity index (χ1) is 12.9. The molecule has 1 N–H and O–H groups in total. The van der Waals surface area contributed by atoms with Crippen LogP contribution in [0.1, 0.15) is 35.6 Å². The van der Waals surface area contributed by atoms with Crippen molar-refractivity contribution in [2.75, 3.05) is 19.8 Å². The Morgan fingerprint density at radius 2 is 1.37 bits per heavy atom. The van der Waals surface area contributed by atoms with E-state index in [-0.39, 0.29) is 6.10 Å². The van der Waals surface area contributed by atoms with Gasteiger partial charge < -0.3 is 19.3 Å². The van der Waals surface area contributed by atoms with Gasteiger partial charge in [-0.3, -0.25) is 0 Å². The Morgan fingerprint density at radius 3 is 1.78 bits per heavy atom. The molecule has 4 nitrogen and oxygen atoms in total. The highest BCUT2D eigenvalue weighted by Gasteiger charge is 2.24. The second-order valence-corrected chi connectivity index (χ2v) is 7.52. The Balaban J connectivity index is 1.83. The number of aliphatic hydroxyl groups excluding tert-OH is 1. The molecule has 0 saturated carbocycles. The maximum Gasteiger partial charge on any atom is 0.125 e. The van der Waals surface area contributed by atoms with Crippen LogP contribution in [0.3, 0.4) is 0 Å². The molecule has 0 spiro atoms. The van der Waals surface area contributed by atoms with E-state index < -0.39 is 6.10 Å². The zero-order chi connectivity index (χ0) is 19.6. The van der Waals surface area contributed by atoms with Gasteiger partial charge in [0.2, 0.25) is 0 Å². The van der Waals surface area contributed by atoms with Gasteiger partial charge in [0.25, 0.3) is 0 Å². The van der Waals surface area contributed by atoms with Crippen LogP contribution in [0, 0.1) is 27.7 Å². The van der Waals surface area contributed by atoms with Crippen molar-refractivity contribution in [2.24, 2.45) is 0 Å². The third kappa shape index (κ3) is 4.82. The number of benzene rings is 2. The van der Waals surface area contributed by atoms with Gasteiger partial charge in [0, 0.05) is 0 Å². The van der Waals surface area contributed by atoms with Crippen molar-refractivity contribution in [3.05, 3.63) is 46.5 Å². The smallest absolute Gasteiger partial charge is 0.125 e. The molecule has 1 aliphatic heterocycles. The standard InChI is InChI=1S/C23H30O4/c1-6-20(24)11-26-22-14(2)7-18(8-15(22)3)19-9-16(4)23(17(5)10-19)27-13-21-12-25-21/h7-10,20-21,24H,6,11-13H2,1-5H3. The highest BCUT2D eigenvalue weighted by Crippen LogP contribution is 2.34. The summed E-state index contributed by atoms with van der Waals surface area (Å²) >= 11 is 0. The molecule has 1 aliphatic rings. The Hall–Kier alpha value is -2.04. The van der Waals surface area contributed by atoms with E-state index in [0.29, 0.717) is 19.6 Å². The van der Waals surface area contributed by atoms with Gasteiger partial charge in [0.1, 0.15) is 30.8 Å². The van der Waals surface area contributed by atoms with E-state index in [1.54, 1.807) is 0 Å².